The fourth-order valence-corrected chi connectivity index (χ4v) is 2.19. The lowest BCUT2D eigenvalue weighted by atomic mass is 9.89. The van der Waals surface area contributed by atoms with Crippen molar-refractivity contribution in [3.05, 3.63) is 35.4 Å². The number of nitrogens with one attached hydrogen (secondary N) is 1. The van der Waals surface area contributed by atoms with Crippen LogP contribution in [-0.2, 0) is 4.74 Å². The minimum Gasteiger partial charge on any atom is -0.478 e. The molecule has 1 aliphatic rings. The van der Waals surface area contributed by atoms with Gasteiger partial charge in [0.25, 0.3) is 5.91 Å². The van der Waals surface area contributed by atoms with Gasteiger partial charge in [0.05, 0.1) is 17.2 Å². The minimum absolute atomic E-state index is 0.0284. The van der Waals surface area contributed by atoms with Gasteiger partial charge in [-0.05, 0) is 31.9 Å². The number of carboxylic acids is 1. The number of benzene rings is 1. The standard InChI is InChI=1S/C14H17NO4/c1-2-19-10-7-9(8-10)15-13(16)11-5-3-4-6-12(11)14(17)18/h3-6,9-10H,2,7-8H2,1H3,(H,15,16)(H,17,18). The van der Waals surface area contributed by atoms with Gasteiger partial charge in [0.1, 0.15) is 0 Å². The number of hydrogen-bond donors (Lipinski definition) is 2. The molecule has 5 nitrogen and oxygen atoms in total. The van der Waals surface area contributed by atoms with Crippen LogP contribution >= 0.6 is 0 Å². The molecule has 19 heavy (non-hydrogen) atoms. The molecule has 1 aliphatic carbocycles. The van der Waals surface area contributed by atoms with Crippen LogP contribution in [0.3, 0.4) is 0 Å². The van der Waals surface area contributed by atoms with Crippen LogP contribution in [0.1, 0.15) is 40.5 Å². The van der Waals surface area contributed by atoms with E-state index < -0.39 is 5.97 Å². The Labute approximate surface area is 111 Å². The molecular formula is C14H17NO4. The summed E-state index contributed by atoms with van der Waals surface area (Å²) >= 11 is 0. The Kier molecular flexibility index (Phi) is 4.16. The molecule has 0 aromatic heterocycles. The van der Waals surface area contributed by atoms with E-state index in [9.17, 15) is 9.59 Å². The molecule has 1 aromatic carbocycles. The molecule has 2 N–H and O–H groups in total. The summed E-state index contributed by atoms with van der Waals surface area (Å²) in [5.74, 6) is -1.43. The molecule has 102 valence electrons. The minimum atomic E-state index is -1.09. The molecule has 0 saturated heterocycles. The number of rotatable bonds is 5. The quantitative estimate of drug-likeness (QED) is 0.847. The molecule has 0 unspecified atom stereocenters. The van der Waals surface area contributed by atoms with Crippen LogP contribution in [0.25, 0.3) is 0 Å². The number of carbonyl (C=O) groups excluding carboxylic acids is 1. The second-order valence-electron chi connectivity index (χ2n) is 4.57. The smallest absolute Gasteiger partial charge is 0.336 e. The van der Waals surface area contributed by atoms with Crippen molar-refractivity contribution in [1.82, 2.24) is 5.32 Å². The first-order valence-corrected chi connectivity index (χ1v) is 6.36. The summed E-state index contributed by atoms with van der Waals surface area (Å²) < 4.78 is 5.41. The Balaban J connectivity index is 1.96. The SMILES string of the molecule is CCOC1CC(NC(=O)c2ccccc2C(=O)O)C1. The second kappa shape index (κ2) is 5.84. The lowest BCUT2D eigenvalue weighted by Gasteiger charge is -2.35. The zero-order valence-corrected chi connectivity index (χ0v) is 10.8. The van der Waals surface area contributed by atoms with Crippen molar-refractivity contribution in [2.45, 2.75) is 31.9 Å². The monoisotopic (exact) mass is 263 g/mol. The molecular weight excluding hydrogens is 246 g/mol. The first kappa shape index (κ1) is 13.5. The van der Waals surface area contributed by atoms with E-state index in [1.54, 1.807) is 12.1 Å². The number of hydrogen-bond acceptors (Lipinski definition) is 3. The maximum atomic E-state index is 12.0. The summed E-state index contributed by atoms with van der Waals surface area (Å²) in [7, 11) is 0. The third-order valence-corrected chi connectivity index (χ3v) is 3.23. The molecule has 0 radical (unpaired) electrons. The van der Waals surface area contributed by atoms with Crippen LogP contribution in [0.15, 0.2) is 24.3 Å². The summed E-state index contributed by atoms with van der Waals surface area (Å²) in [4.78, 5) is 23.1. The molecule has 1 saturated carbocycles. The van der Waals surface area contributed by atoms with E-state index in [0.717, 1.165) is 12.8 Å². The van der Waals surface area contributed by atoms with Crippen molar-refractivity contribution in [3.63, 3.8) is 0 Å². The number of carboxylic acid groups (broad SMARTS) is 1. The molecule has 0 bridgehead atoms. The van der Waals surface area contributed by atoms with Crippen molar-refractivity contribution in [3.8, 4) is 0 Å². The van der Waals surface area contributed by atoms with Crippen molar-refractivity contribution in [2.24, 2.45) is 0 Å². The Hall–Kier alpha value is -1.88. The highest BCUT2D eigenvalue weighted by atomic mass is 16.5. The van der Waals surface area contributed by atoms with Crippen LogP contribution in [-0.4, -0.2) is 35.7 Å². The van der Waals surface area contributed by atoms with Gasteiger partial charge in [0, 0.05) is 12.6 Å². The first-order valence-electron chi connectivity index (χ1n) is 6.36. The third kappa shape index (κ3) is 3.12. The van der Waals surface area contributed by atoms with Gasteiger partial charge >= 0.3 is 5.97 Å². The van der Waals surface area contributed by atoms with Crippen LogP contribution in [0.5, 0.6) is 0 Å². The van der Waals surface area contributed by atoms with Gasteiger partial charge in [-0.2, -0.15) is 0 Å². The highest BCUT2D eigenvalue weighted by molar-refractivity contribution is 6.04. The molecule has 2 rings (SSSR count). The molecule has 1 fully saturated rings. The van der Waals surface area contributed by atoms with E-state index in [0.29, 0.717) is 6.61 Å². The highest BCUT2D eigenvalue weighted by Crippen LogP contribution is 2.23. The van der Waals surface area contributed by atoms with Crippen molar-refractivity contribution < 1.29 is 19.4 Å². The predicted molar refractivity (Wildman–Crippen MR) is 69.3 cm³/mol. The van der Waals surface area contributed by atoms with Gasteiger partial charge in [-0.15, -0.1) is 0 Å². The van der Waals surface area contributed by atoms with E-state index >= 15 is 0 Å². The molecule has 0 heterocycles. The van der Waals surface area contributed by atoms with Crippen LogP contribution in [0.4, 0.5) is 0 Å². The normalized spacial score (nSPS) is 21.5. The largest absolute Gasteiger partial charge is 0.478 e. The average Bonchev–Trinajstić information content (AvgIpc) is 2.36. The average molecular weight is 263 g/mol. The van der Waals surface area contributed by atoms with E-state index in [2.05, 4.69) is 5.32 Å². The molecule has 0 aliphatic heterocycles. The number of amides is 1. The van der Waals surface area contributed by atoms with E-state index in [1.165, 1.54) is 12.1 Å². The summed E-state index contributed by atoms with van der Waals surface area (Å²) in [6.45, 7) is 2.61. The van der Waals surface area contributed by atoms with Crippen molar-refractivity contribution in [2.75, 3.05) is 6.61 Å². The lowest BCUT2D eigenvalue weighted by Crippen LogP contribution is -2.48. The Morgan fingerprint density at radius 1 is 1.32 bits per heavy atom. The molecule has 0 atom stereocenters. The maximum Gasteiger partial charge on any atom is 0.336 e. The molecule has 1 amide bonds. The van der Waals surface area contributed by atoms with Crippen LogP contribution in [0.2, 0.25) is 0 Å². The van der Waals surface area contributed by atoms with Crippen LogP contribution in [0, 0.1) is 0 Å². The number of ether oxygens (including phenoxy) is 1. The first-order chi connectivity index (χ1) is 9.11. The lowest BCUT2D eigenvalue weighted by molar-refractivity contribution is -0.00865. The Morgan fingerprint density at radius 3 is 2.53 bits per heavy atom. The second-order valence-corrected chi connectivity index (χ2v) is 4.57. The molecule has 0 spiro atoms. The highest BCUT2D eigenvalue weighted by Gasteiger charge is 2.31. The van der Waals surface area contributed by atoms with Gasteiger partial charge in [0.2, 0.25) is 0 Å². The molecule has 5 heteroatoms. The zero-order chi connectivity index (χ0) is 13.8. The summed E-state index contributed by atoms with van der Waals surface area (Å²) in [6.07, 6.45) is 1.79. The van der Waals surface area contributed by atoms with E-state index in [1.807, 2.05) is 6.92 Å². The van der Waals surface area contributed by atoms with Gasteiger partial charge < -0.3 is 15.2 Å². The van der Waals surface area contributed by atoms with E-state index in [4.69, 9.17) is 9.84 Å². The fraction of sp³-hybridized carbons (Fsp3) is 0.429. The predicted octanol–water partition coefficient (Wildman–Crippen LogP) is 1.68. The topological polar surface area (TPSA) is 75.6 Å². The van der Waals surface area contributed by atoms with Gasteiger partial charge in [-0.1, -0.05) is 12.1 Å². The maximum absolute atomic E-state index is 12.0. The van der Waals surface area contributed by atoms with Crippen molar-refractivity contribution in [1.29, 1.82) is 0 Å². The zero-order valence-electron chi connectivity index (χ0n) is 10.8. The van der Waals surface area contributed by atoms with Crippen molar-refractivity contribution >= 4 is 11.9 Å². The Bertz CT molecular complexity index is 480. The summed E-state index contributed by atoms with van der Waals surface area (Å²) in [5.41, 5.74) is 0.232. The van der Waals surface area contributed by atoms with E-state index in [-0.39, 0.29) is 29.2 Å². The third-order valence-electron chi connectivity index (χ3n) is 3.23. The van der Waals surface area contributed by atoms with Gasteiger partial charge in [0.15, 0.2) is 0 Å². The summed E-state index contributed by atoms with van der Waals surface area (Å²) in [6, 6.07) is 6.30. The van der Waals surface area contributed by atoms with Crippen LogP contribution < -0.4 is 5.32 Å². The van der Waals surface area contributed by atoms with Gasteiger partial charge in [-0.3, -0.25) is 4.79 Å². The number of aromatic carboxylic acids is 1. The molecule has 1 aromatic rings. The summed E-state index contributed by atoms with van der Waals surface area (Å²) in [5, 5.41) is 11.9. The fourth-order valence-electron chi connectivity index (χ4n) is 2.19. The van der Waals surface area contributed by atoms with Gasteiger partial charge in [-0.25, -0.2) is 4.79 Å². The number of carbonyl (C=O) groups is 2. The Morgan fingerprint density at radius 2 is 1.95 bits per heavy atom.